The zero-order valence-electron chi connectivity index (χ0n) is 15.1. The molecule has 0 radical (unpaired) electrons. The van der Waals surface area contributed by atoms with Crippen LogP contribution in [-0.2, 0) is 4.79 Å². The Bertz CT molecular complexity index is 771. The molecule has 1 fully saturated rings. The van der Waals surface area contributed by atoms with Gasteiger partial charge in [-0.2, -0.15) is 0 Å². The molecule has 1 atom stereocenters. The summed E-state index contributed by atoms with van der Waals surface area (Å²) in [7, 11) is 0. The summed E-state index contributed by atoms with van der Waals surface area (Å²) in [6.07, 6.45) is 0. The molecule has 1 aliphatic heterocycles. The van der Waals surface area contributed by atoms with Crippen molar-refractivity contribution in [1.82, 2.24) is 4.90 Å². The van der Waals surface area contributed by atoms with Crippen molar-refractivity contribution in [2.24, 2.45) is 0 Å². The fraction of sp³-hybridized carbons (Fsp3) is 0.350. The number of nitrogens with one attached hydrogen (secondary N) is 1. The largest absolute Gasteiger partial charge is 0.508 e. The highest BCUT2D eigenvalue weighted by Crippen LogP contribution is 2.24. The molecule has 0 spiro atoms. The lowest BCUT2D eigenvalue weighted by Crippen LogP contribution is -2.52. The zero-order valence-corrected chi connectivity index (χ0v) is 15.8. The Morgan fingerprint density at radius 1 is 1.12 bits per heavy atom. The van der Waals surface area contributed by atoms with E-state index < -0.39 is 0 Å². The van der Waals surface area contributed by atoms with Gasteiger partial charge in [0.25, 0.3) is 0 Å². The first-order valence-electron chi connectivity index (χ1n) is 8.79. The predicted octanol–water partition coefficient (Wildman–Crippen LogP) is 3.50. The van der Waals surface area contributed by atoms with Crippen molar-refractivity contribution in [2.45, 2.75) is 19.9 Å². The van der Waals surface area contributed by atoms with Crippen molar-refractivity contribution >= 4 is 28.9 Å². The van der Waals surface area contributed by atoms with E-state index in [1.165, 1.54) is 0 Å². The summed E-state index contributed by atoms with van der Waals surface area (Å²) >= 11 is 6.13. The van der Waals surface area contributed by atoms with Gasteiger partial charge < -0.3 is 15.3 Å². The number of amides is 1. The monoisotopic (exact) mass is 373 g/mol. The fourth-order valence-electron chi connectivity index (χ4n) is 3.18. The first kappa shape index (κ1) is 18.5. The smallest absolute Gasteiger partial charge is 0.241 e. The Morgan fingerprint density at radius 3 is 2.42 bits per heavy atom. The van der Waals surface area contributed by atoms with E-state index in [0.29, 0.717) is 5.02 Å². The van der Waals surface area contributed by atoms with Crippen LogP contribution in [0, 0.1) is 6.92 Å². The highest BCUT2D eigenvalue weighted by Gasteiger charge is 2.26. The van der Waals surface area contributed by atoms with Crippen LogP contribution >= 0.6 is 11.6 Å². The van der Waals surface area contributed by atoms with Gasteiger partial charge in [-0.3, -0.25) is 9.69 Å². The second kappa shape index (κ2) is 7.98. The van der Waals surface area contributed by atoms with Crippen LogP contribution in [0.2, 0.25) is 5.02 Å². The Balaban J connectivity index is 1.57. The molecule has 3 rings (SSSR count). The number of piperazine rings is 1. The molecule has 1 amide bonds. The van der Waals surface area contributed by atoms with Crippen LogP contribution in [0.4, 0.5) is 11.4 Å². The van der Waals surface area contributed by atoms with Crippen LogP contribution in [-0.4, -0.2) is 48.1 Å². The van der Waals surface area contributed by atoms with Gasteiger partial charge in [-0.05, 0) is 55.8 Å². The van der Waals surface area contributed by atoms with E-state index in [1.807, 2.05) is 44.2 Å². The average Bonchev–Trinajstić information content (AvgIpc) is 2.65. The third kappa shape index (κ3) is 4.11. The summed E-state index contributed by atoms with van der Waals surface area (Å²) in [6, 6.07) is 12.6. The quantitative estimate of drug-likeness (QED) is 0.861. The Morgan fingerprint density at radius 2 is 1.77 bits per heavy atom. The van der Waals surface area contributed by atoms with Crippen LogP contribution in [0.15, 0.2) is 42.5 Å². The van der Waals surface area contributed by atoms with Gasteiger partial charge >= 0.3 is 0 Å². The predicted molar refractivity (Wildman–Crippen MR) is 106 cm³/mol. The lowest BCUT2D eigenvalue weighted by molar-refractivity contribution is -0.120. The Labute approximate surface area is 159 Å². The Kier molecular flexibility index (Phi) is 5.69. The zero-order chi connectivity index (χ0) is 18.7. The molecule has 1 heterocycles. The van der Waals surface area contributed by atoms with E-state index in [-0.39, 0.29) is 17.7 Å². The van der Waals surface area contributed by atoms with Crippen molar-refractivity contribution in [1.29, 1.82) is 0 Å². The lowest BCUT2D eigenvalue weighted by Gasteiger charge is -2.38. The first-order valence-corrected chi connectivity index (χ1v) is 9.17. The molecule has 2 N–H and O–H groups in total. The highest BCUT2D eigenvalue weighted by atomic mass is 35.5. The number of hydrogen-bond acceptors (Lipinski definition) is 4. The third-order valence-corrected chi connectivity index (χ3v) is 5.39. The number of carbonyl (C=O) groups is 1. The maximum Gasteiger partial charge on any atom is 0.241 e. The maximum atomic E-state index is 12.6. The van der Waals surface area contributed by atoms with E-state index >= 15 is 0 Å². The van der Waals surface area contributed by atoms with Crippen molar-refractivity contribution in [3.05, 3.63) is 53.1 Å². The molecule has 0 aromatic heterocycles. The number of phenolic OH excluding ortho intramolecular Hbond substituents is 1. The molecular formula is C20H24ClN3O2. The molecule has 6 heteroatoms. The molecule has 2 aromatic carbocycles. The van der Waals surface area contributed by atoms with Crippen molar-refractivity contribution in [3.8, 4) is 5.75 Å². The van der Waals surface area contributed by atoms with Crippen LogP contribution in [0.3, 0.4) is 0 Å². The minimum atomic E-state index is -0.213. The summed E-state index contributed by atoms with van der Waals surface area (Å²) in [5.74, 6) is 0.252. The van der Waals surface area contributed by atoms with E-state index in [1.54, 1.807) is 12.1 Å². The second-order valence-corrected chi connectivity index (χ2v) is 7.02. The SMILES string of the molecule is Cc1c(Cl)cccc1NC(=O)[C@H](C)N1CCN(c2ccc(O)cc2)CC1. The van der Waals surface area contributed by atoms with E-state index in [2.05, 4.69) is 15.1 Å². The molecule has 0 aliphatic carbocycles. The second-order valence-electron chi connectivity index (χ2n) is 6.62. The number of carbonyl (C=O) groups excluding carboxylic acids is 1. The van der Waals surface area contributed by atoms with Gasteiger partial charge in [0.15, 0.2) is 0 Å². The summed E-state index contributed by atoms with van der Waals surface area (Å²) in [4.78, 5) is 17.1. The van der Waals surface area contributed by atoms with Crippen molar-refractivity contribution < 1.29 is 9.90 Å². The van der Waals surface area contributed by atoms with Crippen LogP contribution < -0.4 is 10.2 Å². The van der Waals surface area contributed by atoms with Gasteiger partial charge in [-0.1, -0.05) is 17.7 Å². The molecule has 2 aromatic rings. The number of hydrogen-bond donors (Lipinski definition) is 2. The number of nitrogens with zero attached hydrogens (tertiary/aromatic N) is 2. The number of halogens is 1. The minimum Gasteiger partial charge on any atom is -0.508 e. The van der Waals surface area contributed by atoms with Gasteiger partial charge in [0.05, 0.1) is 6.04 Å². The van der Waals surface area contributed by atoms with E-state index in [0.717, 1.165) is 43.1 Å². The maximum absolute atomic E-state index is 12.6. The van der Waals surface area contributed by atoms with Crippen LogP contribution in [0.5, 0.6) is 5.75 Å². The molecule has 138 valence electrons. The van der Waals surface area contributed by atoms with E-state index in [9.17, 15) is 9.90 Å². The fourth-order valence-corrected chi connectivity index (χ4v) is 3.35. The van der Waals surface area contributed by atoms with E-state index in [4.69, 9.17) is 11.6 Å². The third-order valence-electron chi connectivity index (χ3n) is 4.98. The molecule has 1 saturated heterocycles. The summed E-state index contributed by atoms with van der Waals surface area (Å²) in [5, 5.41) is 13.1. The van der Waals surface area contributed by atoms with Gasteiger partial charge in [0, 0.05) is 42.6 Å². The number of phenols is 1. The van der Waals surface area contributed by atoms with Gasteiger partial charge in [0.2, 0.25) is 5.91 Å². The highest BCUT2D eigenvalue weighted by molar-refractivity contribution is 6.31. The van der Waals surface area contributed by atoms with Gasteiger partial charge in [0.1, 0.15) is 5.75 Å². The number of anilines is 2. The Hall–Kier alpha value is -2.24. The van der Waals surface area contributed by atoms with Gasteiger partial charge in [-0.25, -0.2) is 0 Å². The first-order chi connectivity index (χ1) is 12.5. The summed E-state index contributed by atoms with van der Waals surface area (Å²) < 4.78 is 0. The van der Waals surface area contributed by atoms with Crippen molar-refractivity contribution in [3.63, 3.8) is 0 Å². The molecule has 0 unspecified atom stereocenters. The number of rotatable bonds is 4. The molecule has 1 aliphatic rings. The molecule has 5 nitrogen and oxygen atoms in total. The standard InChI is InChI=1S/C20H24ClN3O2/c1-14-18(21)4-3-5-19(14)22-20(26)15(2)23-10-12-24(13-11-23)16-6-8-17(25)9-7-16/h3-9,15,25H,10-13H2,1-2H3,(H,22,26)/t15-/m0/s1. The summed E-state index contributed by atoms with van der Waals surface area (Å²) in [5.41, 5.74) is 2.73. The average molecular weight is 374 g/mol. The van der Waals surface area contributed by atoms with Gasteiger partial charge in [-0.15, -0.1) is 0 Å². The number of benzene rings is 2. The van der Waals surface area contributed by atoms with Crippen LogP contribution in [0.25, 0.3) is 0 Å². The lowest BCUT2D eigenvalue weighted by atomic mass is 10.1. The molecular weight excluding hydrogens is 350 g/mol. The minimum absolute atomic E-state index is 0.0200. The molecule has 0 bridgehead atoms. The van der Waals surface area contributed by atoms with Crippen LogP contribution in [0.1, 0.15) is 12.5 Å². The molecule has 0 saturated carbocycles. The number of aromatic hydroxyl groups is 1. The summed E-state index contributed by atoms with van der Waals surface area (Å²) in [6.45, 7) is 7.15. The topological polar surface area (TPSA) is 55.8 Å². The van der Waals surface area contributed by atoms with Crippen molar-refractivity contribution in [2.75, 3.05) is 36.4 Å². The normalized spacial score (nSPS) is 16.3. The molecule has 26 heavy (non-hydrogen) atoms.